The Morgan fingerprint density at radius 3 is 2.62 bits per heavy atom. The van der Waals surface area contributed by atoms with Crippen LogP contribution >= 0.6 is 0 Å². The van der Waals surface area contributed by atoms with Gasteiger partial charge in [-0.25, -0.2) is 0 Å². The standard InChI is InChI=1S/C20H21N3O3/c1-25-17-8-9-19(26-2)18(10-17)20(24)21-11-16-12-22-23(14-16)13-15-6-4-3-5-7-15/h3-10,12,14H,11,13H2,1-2H3,(H,21,24). The molecule has 2 aromatic carbocycles. The van der Waals surface area contributed by atoms with Crippen LogP contribution in [0.3, 0.4) is 0 Å². The largest absolute Gasteiger partial charge is 0.497 e. The van der Waals surface area contributed by atoms with E-state index in [-0.39, 0.29) is 5.91 Å². The molecule has 0 saturated heterocycles. The van der Waals surface area contributed by atoms with Crippen molar-refractivity contribution >= 4 is 5.91 Å². The summed E-state index contributed by atoms with van der Waals surface area (Å²) in [4.78, 5) is 12.5. The first kappa shape index (κ1) is 17.5. The Bertz CT molecular complexity index is 875. The fourth-order valence-electron chi connectivity index (χ4n) is 2.62. The molecule has 1 heterocycles. The summed E-state index contributed by atoms with van der Waals surface area (Å²) in [5.41, 5.74) is 2.53. The van der Waals surface area contributed by atoms with Crippen molar-refractivity contribution in [2.24, 2.45) is 0 Å². The Balaban J connectivity index is 1.63. The highest BCUT2D eigenvalue weighted by atomic mass is 16.5. The van der Waals surface area contributed by atoms with Gasteiger partial charge in [0.2, 0.25) is 0 Å². The monoisotopic (exact) mass is 351 g/mol. The molecule has 0 aliphatic rings. The Kier molecular flexibility index (Phi) is 5.53. The van der Waals surface area contributed by atoms with Gasteiger partial charge in [-0.3, -0.25) is 9.48 Å². The summed E-state index contributed by atoms with van der Waals surface area (Å²) < 4.78 is 12.3. The highest BCUT2D eigenvalue weighted by molar-refractivity contribution is 5.97. The number of amides is 1. The number of benzene rings is 2. The normalized spacial score (nSPS) is 10.4. The molecule has 1 N–H and O–H groups in total. The fourth-order valence-corrected chi connectivity index (χ4v) is 2.62. The van der Waals surface area contributed by atoms with Gasteiger partial charge in [0.15, 0.2) is 0 Å². The maximum absolute atomic E-state index is 12.5. The van der Waals surface area contributed by atoms with Crippen molar-refractivity contribution in [3.05, 3.63) is 77.6 Å². The summed E-state index contributed by atoms with van der Waals surface area (Å²) >= 11 is 0. The van der Waals surface area contributed by atoms with Crippen LogP contribution in [-0.2, 0) is 13.1 Å². The van der Waals surface area contributed by atoms with Gasteiger partial charge >= 0.3 is 0 Å². The van der Waals surface area contributed by atoms with Crippen LogP contribution in [0.4, 0.5) is 0 Å². The maximum atomic E-state index is 12.5. The van der Waals surface area contributed by atoms with Gasteiger partial charge in [-0.1, -0.05) is 30.3 Å². The average Bonchev–Trinajstić information content (AvgIpc) is 3.13. The molecule has 0 saturated carbocycles. The molecular weight excluding hydrogens is 330 g/mol. The van der Waals surface area contributed by atoms with Crippen LogP contribution in [0.25, 0.3) is 0 Å². The molecule has 0 aliphatic heterocycles. The third kappa shape index (κ3) is 4.22. The van der Waals surface area contributed by atoms with Crippen LogP contribution in [0.2, 0.25) is 0 Å². The van der Waals surface area contributed by atoms with Crippen molar-refractivity contribution in [3.63, 3.8) is 0 Å². The number of rotatable bonds is 7. The van der Waals surface area contributed by atoms with Gasteiger partial charge in [0.05, 0.1) is 32.5 Å². The number of hydrogen-bond donors (Lipinski definition) is 1. The summed E-state index contributed by atoms with van der Waals surface area (Å²) in [6.45, 7) is 1.08. The Hall–Kier alpha value is -3.28. The minimum atomic E-state index is -0.225. The highest BCUT2D eigenvalue weighted by Gasteiger charge is 2.13. The molecule has 1 amide bonds. The predicted octanol–water partition coefficient (Wildman–Crippen LogP) is 2.88. The zero-order valence-electron chi connectivity index (χ0n) is 14.8. The van der Waals surface area contributed by atoms with E-state index in [9.17, 15) is 4.79 Å². The molecule has 3 aromatic rings. The summed E-state index contributed by atoms with van der Waals surface area (Å²) in [7, 11) is 3.09. The number of carbonyl (C=O) groups excluding carboxylic acids is 1. The molecule has 3 rings (SSSR count). The second-order valence-corrected chi connectivity index (χ2v) is 5.78. The molecule has 0 radical (unpaired) electrons. The second kappa shape index (κ2) is 8.20. The van der Waals surface area contributed by atoms with E-state index in [1.807, 2.05) is 29.1 Å². The lowest BCUT2D eigenvalue weighted by Crippen LogP contribution is -2.23. The average molecular weight is 351 g/mol. The van der Waals surface area contributed by atoms with Crippen LogP contribution < -0.4 is 14.8 Å². The molecule has 0 bridgehead atoms. The number of carbonyl (C=O) groups is 1. The molecule has 6 nitrogen and oxygen atoms in total. The van der Waals surface area contributed by atoms with Gasteiger partial charge in [0, 0.05) is 18.3 Å². The van der Waals surface area contributed by atoms with Gasteiger partial charge in [0.1, 0.15) is 11.5 Å². The topological polar surface area (TPSA) is 65.4 Å². The first-order valence-corrected chi connectivity index (χ1v) is 8.25. The van der Waals surface area contributed by atoms with Crippen LogP contribution in [0, 0.1) is 0 Å². The predicted molar refractivity (Wildman–Crippen MR) is 98.5 cm³/mol. The molecule has 0 aliphatic carbocycles. The minimum Gasteiger partial charge on any atom is -0.497 e. The van der Waals surface area contributed by atoms with Crippen LogP contribution in [0.15, 0.2) is 60.9 Å². The Morgan fingerprint density at radius 2 is 1.88 bits per heavy atom. The van der Waals surface area contributed by atoms with Gasteiger partial charge in [-0.05, 0) is 23.8 Å². The van der Waals surface area contributed by atoms with E-state index in [4.69, 9.17) is 9.47 Å². The quantitative estimate of drug-likeness (QED) is 0.711. The molecule has 0 spiro atoms. The molecule has 0 unspecified atom stereocenters. The number of ether oxygens (including phenoxy) is 2. The molecule has 0 atom stereocenters. The van der Waals surface area contributed by atoms with Crippen LogP contribution in [0.1, 0.15) is 21.5 Å². The zero-order valence-corrected chi connectivity index (χ0v) is 14.8. The molecule has 134 valence electrons. The van der Waals surface area contributed by atoms with Gasteiger partial charge in [0.25, 0.3) is 5.91 Å². The first-order chi connectivity index (χ1) is 12.7. The Labute approximate surface area is 152 Å². The summed E-state index contributed by atoms with van der Waals surface area (Å²) in [5, 5.41) is 7.23. The SMILES string of the molecule is COc1ccc(OC)c(C(=O)NCc2cnn(Cc3ccccc3)c2)c1. The number of nitrogens with one attached hydrogen (secondary N) is 1. The molecule has 26 heavy (non-hydrogen) atoms. The minimum absolute atomic E-state index is 0.225. The van der Waals surface area contributed by atoms with E-state index in [0.29, 0.717) is 30.2 Å². The zero-order chi connectivity index (χ0) is 18.4. The van der Waals surface area contributed by atoms with E-state index >= 15 is 0 Å². The molecular formula is C20H21N3O3. The lowest BCUT2D eigenvalue weighted by molar-refractivity contribution is 0.0947. The Morgan fingerprint density at radius 1 is 1.08 bits per heavy atom. The summed E-state index contributed by atoms with van der Waals surface area (Å²) in [6.07, 6.45) is 3.68. The molecule has 0 fully saturated rings. The van der Waals surface area contributed by atoms with E-state index in [0.717, 1.165) is 5.56 Å². The number of nitrogens with zero attached hydrogens (tertiary/aromatic N) is 2. The number of hydrogen-bond acceptors (Lipinski definition) is 4. The van der Waals surface area contributed by atoms with Crippen LogP contribution in [-0.4, -0.2) is 29.9 Å². The second-order valence-electron chi connectivity index (χ2n) is 5.78. The van der Waals surface area contributed by atoms with Crippen molar-refractivity contribution in [1.29, 1.82) is 0 Å². The maximum Gasteiger partial charge on any atom is 0.255 e. The highest BCUT2D eigenvalue weighted by Crippen LogP contribution is 2.23. The number of methoxy groups -OCH3 is 2. The lowest BCUT2D eigenvalue weighted by Gasteiger charge is -2.10. The summed E-state index contributed by atoms with van der Waals surface area (Å²) in [6, 6.07) is 15.2. The third-order valence-electron chi connectivity index (χ3n) is 3.98. The van der Waals surface area contributed by atoms with E-state index in [1.54, 1.807) is 31.5 Å². The fraction of sp³-hybridized carbons (Fsp3) is 0.200. The number of aromatic nitrogens is 2. The van der Waals surface area contributed by atoms with Crippen molar-refractivity contribution < 1.29 is 14.3 Å². The third-order valence-corrected chi connectivity index (χ3v) is 3.98. The van der Waals surface area contributed by atoms with E-state index in [2.05, 4.69) is 22.5 Å². The molecule has 6 heteroatoms. The van der Waals surface area contributed by atoms with E-state index in [1.165, 1.54) is 12.7 Å². The van der Waals surface area contributed by atoms with Crippen molar-refractivity contribution in [2.75, 3.05) is 14.2 Å². The van der Waals surface area contributed by atoms with E-state index < -0.39 is 0 Å². The van der Waals surface area contributed by atoms with Crippen molar-refractivity contribution in [1.82, 2.24) is 15.1 Å². The van der Waals surface area contributed by atoms with Gasteiger partial charge in [-0.15, -0.1) is 0 Å². The van der Waals surface area contributed by atoms with Gasteiger partial charge < -0.3 is 14.8 Å². The smallest absolute Gasteiger partial charge is 0.255 e. The first-order valence-electron chi connectivity index (χ1n) is 8.25. The summed E-state index contributed by atoms with van der Waals surface area (Å²) in [5.74, 6) is 0.881. The lowest BCUT2D eigenvalue weighted by atomic mass is 10.1. The van der Waals surface area contributed by atoms with Crippen molar-refractivity contribution in [3.8, 4) is 11.5 Å². The van der Waals surface area contributed by atoms with Crippen molar-refractivity contribution in [2.45, 2.75) is 13.1 Å². The van der Waals surface area contributed by atoms with Gasteiger partial charge in [-0.2, -0.15) is 5.10 Å². The van der Waals surface area contributed by atoms with Crippen LogP contribution in [0.5, 0.6) is 11.5 Å². The molecule has 1 aromatic heterocycles.